The van der Waals surface area contributed by atoms with E-state index >= 15 is 0 Å². The molecule has 0 heterocycles. The SMILES string of the molecule is CC[C@H](C)[C@H](NC(=O)[C@@H](N)CCC(N)=O)C(=O)N[C@H](C(=O)N[C@@H](Cc1ccc(O)cc1)C(=O)N[C@@H](CCCCN)C(N)=O)C(C)C. The molecular formula is C31H52N8O7. The Bertz CT molecular complexity index is 1180. The fraction of sp³-hybridized carbons (Fsp3) is 0.613. The van der Waals surface area contributed by atoms with Gasteiger partial charge in [-0.05, 0) is 61.8 Å². The molecule has 1 aromatic rings. The van der Waals surface area contributed by atoms with Gasteiger partial charge >= 0.3 is 0 Å². The van der Waals surface area contributed by atoms with Crippen molar-refractivity contribution in [3.8, 4) is 5.75 Å². The zero-order valence-electron chi connectivity index (χ0n) is 27.2. The summed E-state index contributed by atoms with van der Waals surface area (Å²) in [6.45, 7) is 7.40. The summed E-state index contributed by atoms with van der Waals surface area (Å²) in [5.74, 6) is -4.74. The molecule has 15 heteroatoms. The van der Waals surface area contributed by atoms with Gasteiger partial charge in [-0.2, -0.15) is 0 Å². The Balaban J connectivity index is 3.21. The molecule has 0 unspecified atom stereocenters. The number of carbonyl (C=O) groups excluding carboxylic acids is 6. The van der Waals surface area contributed by atoms with Gasteiger partial charge in [-0.1, -0.05) is 46.2 Å². The van der Waals surface area contributed by atoms with E-state index in [1.54, 1.807) is 32.9 Å². The molecule has 15 nitrogen and oxygen atoms in total. The highest BCUT2D eigenvalue weighted by atomic mass is 16.3. The van der Waals surface area contributed by atoms with Gasteiger partial charge in [-0.3, -0.25) is 28.8 Å². The maximum atomic E-state index is 13.6. The molecule has 1 aromatic carbocycles. The number of primary amides is 2. The number of rotatable bonds is 21. The van der Waals surface area contributed by atoms with Crippen LogP contribution in [-0.4, -0.2) is 77.3 Å². The number of amides is 6. The number of phenolic OH excluding ortho intramolecular Hbond substituents is 1. The van der Waals surface area contributed by atoms with Crippen LogP contribution in [0.1, 0.15) is 71.8 Å². The van der Waals surface area contributed by atoms with Crippen molar-refractivity contribution in [1.82, 2.24) is 21.3 Å². The van der Waals surface area contributed by atoms with Crippen molar-refractivity contribution in [3.05, 3.63) is 29.8 Å². The number of phenols is 1. The van der Waals surface area contributed by atoms with Crippen LogP contribution in [0.15, 0.2) is 24.3 Å². The van der Waals surface area contributed by atoms with Crippen LogP contribution in [0.5, 0.6) is 5.75 Å². The Labute approximate surface area is 270 Å². The fourth-order valence-electron chi connectivity index (χ4n) is 4.56. The van der Waals surface area contributed by atoms with Gasteiger partial charge in [0.25, 0.3) is 0 Å². The van der Waals surface area contributed by atoms with Crippen LogP contribution in [0.4, 0.5) is 0 Å². The van der Waals surface area contributed by atoms with Crippen LogP contribution in [0.3, 0.4) is 0 Å². The van der Waals surface area contributed by atoms with E-state index in [2.05, 4.69) is 21.3 Å². The molecule has 258 valence electrons. The van der Waals surface area contributed by atoms with E-state index in [1.165, 1.54) is 12.1 Å². The molecule has 0 aromatic heterocycles. The second kappa shape index (κ2) is 20.0. The number of hydrogen-bond acceptors (Lipinski definition) is 9. The summed E-state index contributed by atoms with van der Waals surface area (Å²) in [6, 6.07) is 0.630. The van der Waals surface area contributed by atoms with Crippen molar-refractivity contribution in [2.75, 3.05) is 6.54 Å². The minimum atomic E-state index is -1.18. The Morgan fingerprint density at radius 3 is 1.85 bits per heavy atom. The number of aromatic hydroxyl groups is 1. The first-order valence-electron chi connectivity index (χ1n) is 15.6. The zero-order chi connectivity index (χ0) is 35.0. The molecule has 46 heavy (non-hydrogen) atoms. The van der Waals surface area contributed by atoms with Crippen LogP contribution in [0, 0.1) is 11.8 Å². The molecule has 0 aliphatic carbocycles. The number of benzene rings is 1. The number of nitrogens with two attached hydrogens (primary N) is 4. The number of nitrogens with one attached hydrogen (secondary N) is 4. The summed E-state index contributed by atoms with van der Waals surface area (Å²) in [6.07, 6.45) is 1.84. The van der Waals surface area contributed by atoms with Crippen molar-refractivity contribution < 1.29 is 33.9 Å². The van der Waals surface area contributed by atoms with Crippen LogP contribution in [0.2, 0.25) is 0 Å². The number of hydrogen-bond donors (Lipinski definition) is 9. The van der Waals surface area contributed by atoms with Gasteiger partial charge in [0.05, 0.1) is 6.04 Å². The van der Waals surface area contributed by atoms with Crippen LogP contribution < -0.4 is 44.2 Å². The molecule has 0 spiro atoms. The third kappa shape index (κ3) is 13.8. The summed E-state index contributed by atoms with van der Waals surface area (Å²) in [5, 5.41) is 20.3. The lowest BCUT2D eigenvalue weighted by Gasteiger charge is -2.30. The summed E-state index contributed by atoms with van der Waals surface area (Å²) in [7, 11) is 0. The molecule has 0 fully saturated rings. The van der Waals surface area contributed by atoms with Crippen molar-refractivity contribution >= 4 is 35.4 Å². The standard InChI is InChI=1S/C31H52N8O7/c1-5-18(4)26(39-28(43)21(33)13-14-24(34)41)31(46)38-25(17(2)3)30(45)37-23(16-19-9-11-20(40)12-10-19)29(44)36-22(27(35)42)8-6-7-15-32/h9-12,17-18,21-23,25-26,40H,5-8,13-16,32-33H2,1-4H3,(H2,34,41)(H2,35,42)(H,36,44)(H,37,45)(H,38,46)(H,39,43)/t18-,21-,22-,23-,25-,26-/m0/s1. The van der Waals surface area contributed by atoms with E-state index in [0.29, 0.717) is 31.4 Å². The molecular weight excluding hydrogens is 596 g/mol. The summed E-state index contributed by atoms with van der Waals surface area (Å²) in [5.41, 5.74) is 22.7. The molecule has 0 radical (unpaired) electrons. The lowest BCUT2D eigenvalue weighted by atomic mass is 9.95. The first-order chi connectivity index (χ1) is 21.6. The molecule has 0 saturated carbocycles. The average Bonchev–Trinajstić information content (AvgIpc) is 3.00. The van der Waals surface area contributed by atoms with Crippen molar-refractivity contribution in [3.63, 3.8) is 0 Å². The first-order valence-corrected chi connectivity index (χ1v) is 15.6. The molecule has 0 saturated heterocycles. The van der Waals surface area contributed by atoms with Gasteiger partial charge in [0.1, 0.15) is 29.9 Å². The van der Waals surface area contributed by atoms with Crippen LogP contribution in [0.25, 0.3) is 0 Å². The van der Waals surface area contributed by atoms with E-state index in [0.717, 1.165) is 0 Å². The lowest BCUT2D eigenvalue weighted by molar-refractivity contribution is -0.135. The quantitative estimate of drug-likeness (QED) is 0.0722. The Hall–Kier alpha value is -4.24. The van der Waals surface area contributed by atoms with Crippen LogP contribution in [-0.2, 0) is 35.2 Å². The molecule has 0 aliphatic heterocycles. The van der Waals surface area contributed by atoms with Gasteiger partial charge in [0.15, 0.2) is 0 Å². The summed E-state index contributed by atoms with van der Waals surface area (Å²) in [4.78, 5) is 76.5. The third-order valence-electron chi connectivity index (χ3n) is 7.69. The lowest BCUT2D eigenvalue weighted by Crippen LogP contribution is -2.61. The monoisotopic (exact) mass is 648 g/mol. The summed E-state index contributed by atoms with van der Waals surface area (Å²) >= 11 is 0. The first kappa shape index (κ1) is 39.8. The van der Waals surface area contributed by atoms with E-state index in [4.69, 9.17) is 22.9 Å². The maximum Gasteiger partial charge on any atom is 0.243 e. The van der Waals surface area contributed by atoms with E-state index in [9.17, 15) is 33.9 Å². The largest absolute Gasteiger partial charge is 0.508 e. The molecule has 0 aliphatic rings. The van der Waals surface area contributed by atoms with Crippen molar-refractivity contribution in [1.29, 1.82) is 0 Å². The Morgan fingerprint density at radius 1 is 0.761 bits per heavy atom. The second-order valence-electron chi connectivity index (χ2n) is 11.9. The highest BCUT2D eigenvalue weighted by molar-refractivity contribution is 5.96. The zero-order valence-corrected chi connectivity index (χ0v) is 27.2. The predicted molar refractivity (Wildman–Crippen MR) is 172 cm³/mol. The number of unbranched alkanes of at least 4 members (excludes halogenated alkanes) is 1. The van der Waals surface area contributed by atoms with Crippen molar-refractivity contribution in [2.24, 2.45) is 34.8 Å². The summed E-state index contributed by atoms with van der Waals surface area (Å²) < 4.78 is 0. The van der Waals surface area contributed by atoms with E-state index < -0.39 is 71.6 Å². The van der Waals surface area contributed by atoms with Gasteiger partial charge in [-0.25, -0.2) is 0 Å². The molecule has 6 amide bonds. The van der Waals surface area contributed by atoms with E-state index in [1.807, 2.05) is 6.92 Å². The second-order valence-corrected chi connectivity index (χ2v) is 11.9. The van der Waals surface area contributed by atoms with Crippen molar-refractivity contribution in [2.45, 2.75) is 103 Å². The predicted octanol–water partition coefficient (Wildman–Crippen LogP) is -1.22. The van der Waals surface area contributed by atoms with Gasteiger partial charge in [0, 0.05) is 12.8 Å². The third-order valence-corrected chi connectivity index (χ3v) is 7.69. The van der Waals surface area contributed by atoms with Gasteiger partial charge < -0.3 is 49.3 Å². The molecule has 6 atom stereocenters. The molecule has 0 bridgehead atoms. The van der Waals surface area contributed by atoms with Gasteiger partial charge in [0.2, 0.25) is 35.4 Å². The number of carbonyl (C=O) groups is 6. The van der Waals surface area contributed by atoms with E-state index in [-0.39, 0.29) is 37.4 Å². The minimum absolute atomic E-state index is 0.000358. The minimum Gasteiger partial charge on any atom is -0.508 e. The highest BCUT2D eigenvalue weighted by Gasteiger charge is 2.34. The average molecular weight is 649 g/mol. The highest BCUT2D eigenvalue weighted by Crippen LogP contribution is 2.14. The van der Waals surface area contributed by atoms with Crippen LogP contribution >= 0.6 is 0 Å². The Kier molecular flexibility index (Phi) is 17.3. The molecule has 1 rings (SSSR count). The molecule has 13 N–H and O–H groups in total. The topological polar surface area (TPSA) is 275 Å². The normalized spacial score (nSPS) is 15.0. The smallest absolute Gasteiger partial charge is 0.243 e. The maximum absolute atomic E-state index is 13.6. The fourth-order valence-corrected chi connectivity index (χ4v) is 4.56. The Morgan fingerprint density at radius 2 is 1.33 bits per heavy atom. The van der Waals surface area contributed by atoms with Gasteiger partial charge in [-0.15, -0.1) is 0 Å².